The summed E-state index contributed by atoms with van der Waals surface area (Å²) in [4.78, 5) is 20.2. The highest BCUT2D eigenvalue weighted by Crippen LogP contribution is 2.28. The van der Waals surface area contributed by atoms with Gasteiger partial charge in [-0.2, -0.15) is 13.2 Å². The topological polar surface area (TPSA) is 165 Å². The highest BCUT2D eigenvalue weighted by Gasteiger charge is 2.38. The summed E-state index contributed by atoms with van der Waals surface area (Å²) in [5.41, 5.74) is 3.26. The van der Waals surface area contributed by atoms with Gasteiger partial charge in [0.2, 0.25) is 15.9 Å². The number of alkyl halides is 3. The predicted octanol–water partition coefficient (Wildman–Crippen LogP) is 3.96. The molecule has 0 heterocycles. The van der Waals surface area contributed by atoms with Crippen molar-refractivity contribution in [3.05, 3.63) is 89.5 Å². The van der Waals surface area contributed by atoms with Crippen molar-refractivity contribution in [2.24, 2.45) is 0 Å². The molecule has 14 heteroatoms. The highest BCUT2D eigenvalue weighted by atomic mass is 32.2. The number of amides is 1. The largest absolute Gasteiger partial charge is 0.506 e. The summed E-state index contributed by atoms with van der Waals surface area (Å²) >= 11 is 0. The van der Waals surface area contributed by atoms with Crippen LogP contribution >= 0.6 is 0 Å². The summed E-state index contributed by atoms with van der Waals surface area (Å²) in [5.74, 6) is -3.13. The second-order valence-corrected chi connectivity index (χ2v) is 10.7. The molecule has 1 amide bonds. The molecule has 0 aromatic heterocycles. The fourth-order valence-corrected chi connectivity index (χ4v) is 4.14. The van der Waals surface area contributed by atoms with Crippen molar-refractivity contribution < 1.29 is 46.5 Å². The van der Waals surface area contributed by atoms with E-state index in [0.29, 0.717) is 17.7 Å². The van der Waals surface area contributed by atoms with E-state index < -0.39 is 28.3 Å². The van der Waals surface area contributed by atoms with Gasteiger partial charge in [0, 0.05) is 25.2 Å². The number of nitrogens with one attached hydrogen (secondary N) is 3. The van der Waals surface area contributed by atoms with Gasteiger partial charge in [-0.1, -0.05) is 48.5 Å². The first-order chi connectivity index (χ1) is 19.0. The number of aliphatic carboxylic acids is 1. The van der Waals surface area contributed by atoms with Crippen LogP contribution in [0.25, 0.3) is 0 Å². The fraction of sp³-hybridized carbons (Fsp3) is 0.259. The standard InChI is InChI=1S/C25H29N3O5S.C2HF3O2/c1-17(29)27-21-11-8-19(9-12-21)22(14-18-6-4-3-5-7-18)26-16-25(31)20-10-13-24(30)23(15-20)28-34(2,32)33;3-2(4,5)1(6)7/h3-13,15,22,25-26,28,30-31H,14,16H2,1-2H3,(H,27,29);(H,6,7)/t22?,25-;/m0./s1. The molecule has 0 aliphatic heterocycles. The number of aromatic hydroxyl groups is 1. The molecule has 0 saturated carbocycles. The normalized spacial score (nSPS) is 12.8. The van der Waals surface area contributed by atoms with E-state index in [1.54, 1.807) is 6.07 Å². The van der Waals surface area contributed by atoms with Gasteiger partial charge in [-0.3, -0.25) is 9.52 Å². The number of sulfonamides is 1. The van der Waals surface area contributed by atoms with Crippen LogP contribution in [0.15, 0.2) is 72.8 Å². The molecule has 0 bridgehead atoms. The second kappa shape index (κ2) is 14.5. The first-order valence-electron chi connectivity index (χ1n) is 12.0. The van der Waals surface area contributed by atoms with Crippen LogP contribution in [-0.2, 0) is 26.0 Å². The third-order valence-electron chi connectivity index (χ3n) is 5.42. The number of hydrogen-bond donors (Lipinski definition) is 6. The van der Waals surface area contributed by atoms with Gasteiger partial charge in [-0.25, -0.2) is 13.2 Å². The summed E-state index contributed by atoms with van der Waals surface area (Å²) in [6, 6.07) is 21.6. The molecular formula is C27H30F3N3O7S. The van der Waals surface area contributed by atoms with Gasteiger partial charge >= 0.3 is 12.1 Å². The van der Waals surface area contributed by atoms with E-state index in [4.69, 9.17) is 9.90 Å². The number of carboxylic acids is 1. The fourth-order valence-electron chi connectivity index (χ4n) is 3.57. The lowest BCUT2D eigenvalue weighted by atomic mass is 9.98. The Morgan fingerprint density at radius 3 is 2.02 bits per heavy atom. The second-order valence-electron chi connectivity index (χ2n) is 8.92. The van der Waals surface area contributed by atoms with Gasteiger partial charge < -0.3 is 26.0 Å². The minimum Gasteiger partial charge on any atom is -0.506 e. The molecule has 0 aliphatic rings. The summed E-state index contributed by atoms with van der Waals surface area (Å²) < 4.78 is 57.1. The number of halogens is 3. The zero-order valence-electron chi connectivity index (χ0n) is 22.0. The molecule has 0 spiro atoms. The Morgan fingerprint density at radius 1 is 0.951 bits per heavy atom. The third-order valence-corrected chi connectivity index (χ3v) is 6.01. The smallest absolute Gasteiger partial charge is 0.490 e. The van der Waals surface area contributed by atoms with Crippen LogP contribution in [0, 0.1) is 0 Å². The van der Waals surface area contributed by atoms with Crippen LogP contribution in [-0.4, -0.2) is 54.6 Å². The van der Waals surface area contributed by atoms with Crippen LogP contribution in [0.2, 0.25) is 0 Å². The molecule has 0 saturated heterocycles. The number of benzene rings is 3. The molecule has 0 aliphatic carbocycles. The van der Waals surface area contributed by atoms with Crippen molar-refractivity contribution in [3.8, 4) is 5.75 Å². The number of aliphatic hydroxyl groups excluding tert-OH is 1. The van der Waals surface area contributed by atoms with E-state index in [1.165, 1.54) is 19.1 Å². The maximum absolute atomic E-state index is 11.5. The van der Waals surface area contributed by atoms with Crippen molar-refractivity contribution in [1.82, 2.24) is 5.32 Å². The number of phenolic OH excluding ortho intramolecular Hbond substituents is 1. The van der Waals surface area contributed by atoms with Crippen molar-refractivity contribution in [2.45, 2.75) is 31.7 Å². The van der Waals surface area contributed by atoms with E-state index in [0.717, 1.165) is 17.4 Å². The SMILES string of the molecule is CC(=O)Nc1ccc(C(Cc2ccccc2)NC[C@H](O)c2ccc(O)c(NS(C)(=O)=O)c2)cc1.O=C(O)C(F)(F)F. The Morgan fingerprint density at radius 2 is 1.51 bits per heavy atom. The molecule has 3 aromatic rings. The minimum atomic E-state index is -5.08. The number of rotatable bonds is 10. The van der Waals surface area contributed by atoms with E-state index in [-0.39, 0.29) is 29.9 Å². The Labute approximate surface area is 234 Å². The quantitative estimate of drug-likeness (QED) is 0.191. The summed E-state index contributed by atoms with van der Waals surface area (Å²) in [7, 11) is -3.58. The summed E-state index contributed by atoms with van der Waals surface area (Å²) in [6.07, 6.45) is -4.37. The first kappa shape index (κ1) is 33.1. The lowest BCUT2D eigenvalue weighted by Crippen LogP contribution is -2.28. The molecule has 41 heavy (non-hydrogen) atoms. The molecule has 10 nitrogen and oxygen atoms in total. The van der Waals surface area contributed by atoms with Gasteiger partial charge in [-0.15, -0.1) is 0 Å². The van der Waals surface area contributed by atoms with Crippen molar-refractivity contribution in [2.75, 3.05) is 22.8 Å². The number of aliphatic hydroxyl groups is 1. The zero-order valence-corrected chi connectivity index (χ0v) is 22.8. The average Bonchev–Trinajstić information content (AvgIpc) is 2.87. The van der Waals surface area contributed by atoms with Gasteiger partial charge in [0.05, 0.1) is 18.0 Å². The average molecular weight is 598 g/mol. The van der Waals surface area contributed by atoms with Crippen LogP contribution in [0.5, 0.6) is 5.75 Å². The van der Waals surface area contributed by atoms with Crippen molar-refractivity contribution in [1.29, 1.82) is 0 Å². The summed E-state index contributed by atoms with van der Waals surface area (Å²) in [6.45, 7) is 1.64. The lowest BCUT2D eigenvalue weighted by Gasteiger charge is -2.22. The highest BCUT2D eigenvalue weighted by molar-refractivity contribution is 7.92. The molecule has 0 radical (unpaired) electrons. The Kier molecular flexibility index (Phi) is 11.7. The van der Waals surface area contributed by atoms with Gasteiger partial charge in [0.25, 0.3) is 0 Å². The van der Waals surface area contributed by atoms with Gasteiger partial charge in [0.1, 0.15) is 5.75 Å². The number of carbonyl (C=O) groups is 2. The number of anilines is 2. The molecule has 3 rings (SSSR count). The Bertz CT molecular complexity index is 1420. The van der Waals surface area contributed by atoms with Gasteiger partial charge in [0.15, 0.2) is 0 Å². The van der Waals surface area contributed by atoms with E-state index >= 15 is 0 Å². The maximum Gasteiger partial charge on any atom is 0.490 e. The van der Waals surface area contributed by atoms with Crippen molar-refractivity contribution in [3.63, 3.8) is 0 Å². The molecule has 1 unspecified atom stereocenters. The van der Waals surface area contributed by atoms with Crippen LogP contribution in [0.4, 0.5) is 24.5 Å². The van der Waals surface area contributed by atoms with Crippen LogP contribution in [0.3, 0.4) is 0 Å². The molecule has 0 fully saturated rings. The Hall–Kier alpha value is -4.14. The van der Waals surface area contributed by atoms with Crippen LogP contribution < -0.4 is 15.4 Å². The van der Waals surface area contributed by atoms with E-state index in [1.807, 2.05) is 54.6 Å². The lowest BCUT2D eigenvalue weighted by molar-refractivity contribution is -0.192. The Balaban J connectivity index is 0.000000745. The molecule has 2 atom stereocenters. The predicted molar refractivity (Wildman–Crippen MR) is 147 cm³/mol. The number of phenols is 1. The number of hydrogen-bond acceptors (Lipinski definition) is 7. The summed E-state index contributed by atoms with van der Waals surface area (Å²) in [5, 5.41) is 34.0. The first-order valence-corrected chi connectivity index (χ1v) is 13.9. The molecular weight excluding hydrogens is 567 g/mol. The maximum atomic E-state index is 11.5. The number of carboxylic acid groups (broad SMARTS) is 1. The van der Waals surface area contributed by atoms with Gasteiger partial charge in [-0.05, 0) is 47.4 Å². The van der Waals surface area contributed by atoms with E-state index in [9.17, 15) is 36.6 Å². The van der Waals surface area contributed by atoms with E-state index in [2.05, 4.69) is 15.4 Å². The van der Waals surface area contributed by atoms with Crippen molar-refractivity contribution >= 4 is 33.3 Å². The molecule has 6 N–H and O–H groups in total. The van der Waals surface area contributed by atoms with Crippen LogP contribution in [0.1, 0.15) is 35.8 Å². The minimum absolute atomic E-state index is 0.00782. The molecule has 3 aromatic carbocycles. The monoisotopic (exact) mass is 597 g/mol. The molecule has 222 valence electrons. The third kappa shape index (κ3) is 11.9. The number of carbonyl (C=O) groups excluding carboxylic acids is 1. The zero-order chi connectivity index (χ0) is 30.8.